The number of hydrogen-bond donors (Lipinski definition) is 1. The Bertz CT molecular complexity index is 1640. The fraction of sp³-hybridized carbons (Fsp3) is 0.375. The van der Waals surface area contributed by atoms with Crippen LogP contribution in [-0.2, 0) is 16.6 Å². The van der Waals surface area contributed by atoms with E-state index in [1.54, 1.807) is 22.6 Å². The summed E-state index contributed by atoms with van der Waals surface area (Å²) in [5.74, 6) is 0.193. The Balaban J connectivity index is 1.73. The van der Waals surface area contributed by atoms with E-state index in [1.807, 2.05) is 17.6 Å². The first kappa shape index (κ1) is 24.9. The van der Waals surface area contributed by atoms with Gasteiger partial charge in [-0.15, -0.1) is 0 Å². The fourth-order valence-corrected chi connectivity index (χ4v) is 5.27. The Labute approximate surface area is 211 Å². The number of methoxy groups -OCH3 is 1. The number of alkyl halides is 2. The molecular weight excluding hydrogens is 506 g/mol. The molecule has 1 saturated carbocycles. The number of ether oxygens (including phenoxy) is 1. The van der Waals surface area contributed by atoms with Gasteiger partial charge in [-0.25, -0.2) is 18.4 Å². The summed E-state index contributed by atoms with van der Waals surface area (Å²) >= 11 is 0. The summed E-state index contributed by atoms with van der Waals surface area (Å²) in [6.07, 6.45) is 2.78. The number of imidazole rings is 1. The number of aromatic nitrogens is 4. The third-order valence-corrected chi connectivity index (χ3v) is 7.55. The zero-order valence-electron chi connectivity index (χ0n) is 20.7. The molecule has 13 heteroatoms. The van der Waals surface area contributed by atoms with E-state index in [4.69, 9.17) is 9.72 Å². The number of nitrogens with zero attached hydrogens (tertiary/aromatic N) is 5. The van der Waals surface area contributed by atoms with Crippen molar-refractivity contribution in [2.45, 2.75) is 32.9 Å². The van der Waals surface area contributed by atoms with Crippen LogP contribution >= 0.6 is 0 Å². The van der Waals surface area contributed by atoms with Crippen LogP contribution in [0.5, 0.6) is 5.88 Å². The van der Waals surface area contributed by atoms with Gasteiger partial charge < -0.3 is 14.6 Å². The molecule has 5 rings (SSSR count). The standard InChI is InChI=1S/C24H26F2N6O4S/c1-13-21(28-19-10-16(23(33)27-2)11-20(36-3)31(13)19)17-9-15-7-8-18(32(24(25)26)37(4,34)35)29-22(15)30(17)12-14-5-6-14/h7-11,14,24H,5-6,12H2,1-4H3,(H,27,33). The van der Waals surface area contributed by atoms with Crippen molar-refractivity contribution in [2.75, 3.05) is 24.7 Å². The lowest BCUT2D eigenvalue weighted by Gasteiger charge is -2.20. The van der Waals surface area contributed by atoms with Crippen molar-refractivity contribution in [3.8, 4) is 17.3 Å². The maximum atomic E-state index is 13.7. The number of carbonyl (C=O) groups is 1. The number of nitrogens with one attached hydrogen (secondary N) is 1. The van der Waals surface area contributed by atoms with E-state index in [0.717, 1.165) is 24.8 Å². The van der Waals surface area contributed by atoms with Crippen molar-refractivity contribution < 1.29 is 26.7 Å². The molecule has 0 atom stereocenters. The molecule has 4 aromatic rings. The molecule has 1 N–H and O–H groups in total. The van der Waals surface area contributed by atoms with E-state index < -0.39 is 16.6 Å². The van der Waals surface area contributed by atoms with Crippen molar-refractivity contribution in [1.29, 1.82) is 0 Å². The number of fused-ring (bicyclic) bond motifs is 2. The molecule has 0 radical (unpaired) electrons. The zero-order chi connectivity index (χ0) is 26.6. The molecule has 1 aliphatic rings. The van der Waals surface area contributed by atoms with Gasteiger partial charge in [-0.1, -0.05) is 0 Å². The van der Waals surface area contributed by atoms with Crippen molar-refractivity contribution in [1.82, 2.24) is 24.3 Å². The first-order valence-electron chi connectivity index (χ1n) is 11.6. The summed E-state index contributed by atoms with van der Waals surface area (Å²) in [6, 6.07) is 8.01. The lowest BCUT2D eigenvalue weighted by molar-refractivity contribution is 0.0962. The topological polar surface area (TPSA) is 111 Å². The number of rotatable bonds is 8. The molecule has 0 aliphatic heterocycles. The van der Waals surface area contributed by atoms with Gasteiger partial charge in [-0.05, 0) is 49.9 Å². The number of hydrogen-bond acceptors (Lipinski definition) is 6. The first-order valence-corrected chi connectivity index (χ1v) is 13.5. The van der Waals surface area contributed by atoms with Gasteiger partial charge in [-0.3, -0.25) is 9.20 Å². The molecule has 0 aromatic carbocycles. The molecule has 1 aliphatic carbocycles. The number of halogens is 2. The number of sulfonamides is 1. The van der Waals surface area contributed by atoms with Gasteiger partial charge in [0, 0.05) is 30.6 Å². The predicted molar refractivity (Wildman–Crippen MR) is 135 cm³/mol. The summed E-state index contributed by atoms with van der Waals surface area (Å²) in [4.78, 5) is 21.5. The molecule has 10 nitrogen and oxygen atoms in total. The largest absolute Gasteiger partial charge is 0.482 e. The van der Waals surface area contributed by atoms with Crippen LogP contribution in [0.25, 0.3) is 28.1 Å². The summed E-state index contributed by atoms with van der Waals surface area (Å²) in [5.41, 5.74) is 3.36. The molecule has 1 fully saturated rings. The Morgan fingerprint density at radius 2 is 1.97 bits per heavy atom. The van der Waals surface area contributed by atoms with Crippen LogP contribution in [0, 0.1) is 12.8 Å². The molecule has 37 heavy (non-hydrogen) atoms. The van der Waals surface area contributed by atoms with Gasteiger partial charge in [0.25, 0.3) is 5.91 Å². The fourth-order valence-electron chi connectivity index (χ4n) is 4.54. The minimum absolute atomic E-state index is 0.0158. The van der Waals surface area contributed by atoms with Crippen molar-refractivity contribution in [2.24, 2.45) is 5.92 Å². The lowest BCUT2D eigenvalue weighted by Crippen LogP contribution is -2.35. The molecule has 0 saturated heterocycles. The van der Waals surface area contributed by atoms with Gasteiger partial charge in [0.05, 0.1) is 24.8 Å². The molecule has 1 amide bonds. The quantitative estimate of drug-likeness (QED) is 0.348. The number of amides is 1. The highest BCUT2D eigenvalue weighted by atomic mass is 32.2. The van der Waals surface area contributed by atoms with Crippen LogP contribution in [0.3, 0.4) is 0 Å². The van der Waals surface area contributed by atoms with Gasteiger partial charge >= 0.3 is 6.55 Å². The zero-order valence-corrected chi connectivity index (χ0v) is 21.5. The maximum Gasteiger partial charge on any atom is 0.329 e. The van der Waals surface area contributed by atoms with Crippen LogP contribution in [0.15, 0.2) is 30.3 Å². The third-order valence-electron chi connectivity index (χ3n) is 6.49. The maximum absolute atomic E-state index is 13.7. The summed E-state index contributed by atoms with van der Waals surface area (Å²) in [7, 11) is -1.20. The average Bonchev–Trinajstić information content (AvgIpc) is 3.51. The van der Waals surface area contributed by atoms with Crippen LogP contribution in [0.1, 0.15) is 28.9 Å². The Morgan fingerprint density at radius 3 is 2.57 bits per heavy atom. The molecule has 4 heterocycles. The first-order chi connectivity index (χ1) is 17.5. The van der Waals surface area contributed by atoms with E-state index in [2.05, 4.69) is 10.3 Å². The minimum atomic E-state index is -4.25. The predicted octanol–water partition coefficient (Wildman–Crippen LogP) is 3.43. The third kappa shape index (κ3) is 4.37. The van der Waals surface area contributed by atoms with Gasteiger partial charge in [0.15, 0.2) is 5.88 Å². The normalized spacial score (nSPS) is 14.0. The summed E-state index contributed by atoms with van der Waals surface area (Å²) < 4.78 is 60.7. The van der Waals surface area contributed by atoms with Crippen LogP contribution in [0.4, 0.5) is 14.6 Å². The highest BCUT2D eigenvalue weighted by Gasteiger charge is 2.30. The van der Waals surface area contributed by atoms with Crippen LogP contribution in [-0.4, -0.2) is 60.2 Å². The Kier molecular flexibility index (Phi) is 6.05. The number of pyridine rings is 2. The smallest absolute Gasteiger partial charge is 0.329 e. The van der Waals surface area contributed by atoms with Crippen molar-refractivity contribution in [3.05, 3.63) is 41.6 Å². The molecule has 0 bridgehead atoms. The summed E-state index contributed by atoms with van der Waals surface area (Å²) in [6.45, 7) is -0.817. The monoisotopic (exact) mass is 532 g/mol. The molecule has 0 unspecified atom stereocenters. The van der Waals surface area contributed by atoms with E-state index in [9.17, 15) is 22.0 Å². The van der Waals surface area contributed by atoms with Crippen LogP contribution in [0.2, 0.25) is 0 Å². The van der Waals surface area contributed by atoms with Crippen molar-refractivity contribution >= 4 is 38.4 Å². The highest BCUT2D eigenvalue weighted by molar-refractivity contribution is 7.92. The second-order valence-electron chi connectivity index (χ2n) is 9.11. The molecule has 4 aromatic heterocycles. The van der Waals surface area contributed by atoms with E-state index in [-0.39, 0.29) is 16.0 Å². The van der Waals surface area contributed by atoms with Crippen molar-refractivity contribution in [3.63, 3.8) is 0 Å². The Morgan fingerprint density at radius 1 is 1.24 bits per heavy atom. The highest BCUT2D eigenvalue weighted by Crippen LogP contribution is 2.38. The second-order valence-corrected chi connectivity index (χ2v) is 11.0. The van der Waals surface area contributed by atoms with Gasteiger partial charge in [0.1, 0.15) is 22.8 Å². The SMILES string of the molecule is CNC(=O)c1cc(OC)n2c(C)c(-c3cc4ccc(N(C(F)F)S(C)(=O)=O)nc4n3CC3CC3)nc2c1. The number of carbonyl (C=O) groups excluding carboxylic acids is 1. The van der Waals surface area contributed by atoms with Gasteiger partial charge in [0.2, 0.25) is 10.0 Å². The van der Waals surface area contributed by atoms with E-state index in [0.29, 0.717) is 52.0 Å². The second kappa shape index (κ2) is 8.98. The molecule has 196 valence electrons. The van der Waals surface area contributed by atoms with E-state index >= 15 is 0 Å². The number of anilines is 1. The summed E-state index contributed by atoms with van der Waals surface area (Å²) in [5, 5.41) is 3.26. The number of aryl methyl sites for hydroxylation is 1. The van der Waals surface area contributed by atoms with E-state index in [1.165, 1.54) is 20.2 Å². The molecule has 0 spiro atoms. The minimum Gasteiger partial charge on any atom is -0.482 e. The average molecular weight is 533 g/mol. The Hall–Kier alpha value is -3.74. The van der Waals surface area contributed by atoms with Crippen LogP contribution < -0.4 is 14.4 Å². The molecular formula is C24H26F2N6O4S. The van der Waals surface area contributed by atoms with Gasteiger partial charge in [-0.2, -0.15) is 13.1 Å². The lowest BCUT2D eigenvalue weighted by atomic mass is 10.2.